The van der Waals surface area contributed by atoms with Gasteiger partial charge in [-0.3, -0.25) is 13.7 Å². The van der Waals surface area contributed by atoms with Gasteiger partial charge >= 0.3 is 20.8 Å². The zero-order valence-corrected chi connectivity index (χ0v) is 33.4. The Morgan fingerprint density at radius 2 is 1.18 bits per heavy atom. The van der Waals surface area contributed by atoms with Crippen molar-refractivity contribution in [3.05, 3.63) is 54.6 Å². The molecule has 0 fully saturated rings. The lowest BCUT2D eigenvalue weighted by Crippen LogP contribution is -2.16. The fourth-order valence-electron chi connectivity index (χ4n) is 4.84. The van der Waals surface area contributed by atoms with Gasteiger partial charge in [0.15, 0.2) is 25.4 Å². The molecule has 4 rings (SSSR count). The van der Waals surface area contributed by atoms with Crippen LogP contribution < -0.4 is 14.8 Å². The number of methoxy groups -OCH3 is 2. The average molecular weight is 898 g/mol. The standard InChI is InChI=1S/C29H31N5O18S5/c1-30-21-9-8-19-20(27(21)33-31-17-4-6-18(7-5-17)53(36,37)12-10-51-56(43,44)45)14-26(55(40,41)42)28(29(19)35)34-32-22-15-24(50-3)25(16-23(22)49-2)54(38,39)13-11-52-57(46,47)48/h4-9,14-16,30,35H,10-13H2,1-3H3,(H,40,41,42)(H,43,44,45)(H,46,47,48)/b33-31+,34-32+. The Balaban J connectivity index is 1.77. The van der Waals surface area contributed by atoms with Crippen molar-refractivity contribution in [2.24, 2.45) is 20.5 Å². The van der Waals surface area contributed by atoms with E-state index in [-0.39, 0.29) is 49.9 Å². The largest absolute Gasteiger partial charge is 0.505 e. The van der Waals surface area contributed by atoms with Gasteiger partial charge < -0.3 is 19.9 Å². The fraction of sp³-hybridized carbons (Fsp3) is 0.241. The van der Waals surface area contributed by atoms with Crippen molar-refractivity contribution in [3.8, 4) is 17.2 Å². The highest BCUT2D eigenvalue weighted by Gasteiger charge is 2.27. The lowest BCUT2D eigenvalue weighted by molar-refractivity contribution is 0.282. The van der Waals surface area contributed by atoms with E-state index in [4.69, 9.17) is 18.6 Å². The van der Waals surface area contributed by atoms with Gasteiger partial charge in [-0.1, -0.05) is 0 Å². The van der Waals surface area contributed by atoms with Crippen molar-refractivity contribution in [2.75, 3.05) is 51.3 Å². The van der Waals surface area contributed by atoms with Crippen molar-refractivity contribution in [2.45, 2.75) is 14.7 Å². The van der Waals surface area contributed by atoms with E-state index in [0.717, 1.165) is 44.6 Å². The average Bonchev–Trinajstić information content (AvgIpc) is 3.11. The first kappa shape index (κ1) is 44.8. The molecule has 4 aromatic carbocycles. The van der Waals surface area contributed by atoms with Crippen LogP contribution in [0.25, 0.3) is 10.8 Å². The summed E-state index contributed by atoms with van der Waals surface area (Å²) < 4.78 is 166. The number of phenolic OH excluding ortho intramolecular Hbond substituents is 1. The third kappa shape index (κ3) is 11.4. The van der Waals surface area contributed by atoms with Crippen LogP contribution >= 0.6 is 0 Å². The number of rotatable bonds is 18. The first-order chi connectivity index (χ1) is 26.4. The summed E-state index contributed by atoms with van der Waals surface area (Å²) >= 11 is 0. The Kier molecular flexibility index (Phi) is 13.6. The van der Waals surface area contributed by atoms with E-state index in [1.165, 1.54) is 31.3 Å². The van der Waals surface area contributed by atoms with Crippen LogP contribution in [0.3, 0.4) is 0 Å². The van der Waals surface area contributed by atoms with Crippen LogP contribution in [0.4, 0.5) is 28.4 Å². The van der Waals surface area contributed by atoms with Gasteiger partial charge in [0.1, 0.15) is 38.4 Å². The van der Waals surface area contributed by atoms with E-state index in [2.05, 4.69) is 34.1 Å². The van der Waals surface area contributed by atoms with Crippen LogP contribution in [-0.4, -0.2) is 107 Å². The zero-order chi connectivity index (χ0) is 42.6. The highest BCUT2D eigenvalue weighted by molar-refractivity contribution is 7.91. The predicted molar refractivity (Wildman–Crippen MR) is 198 cm³/mol. The molecule has 0 aliphatic heterocycles. The first-order valence-electron chi connectivity index (χ1n) is 15.3. The number of anilines is 1. The van der Waals surface area contributed by atoms with Crippen LogP contribution in [0.2, 0.25) is 0 Å². The van der Waals surface area contributed by atoms with Gasteiger partial charge in [0.25, 0.3) is 10.1 Å². The first-order valence-corrected chi connectivity index (χ1v) is 22.7. The summed E-state index contributed by atoms with van der Waals surface area (Å²) in [6, 6.07) is 10.4. The summed E-state index contributed by atoms with van der Waals surface area (Å²) in [5.41, 5.74) is -0.780. The van der Waals surface area contributed by atoms with Crippen molar-refractivity contribution >= 4 is 89.8 Å². The molecule has 0 atom stereocenters. The predicted octanol–water partition coefficient (Wildman–Crippen LogP) is 3.87. The van der Waals surface area contributed by atoms with E-state index in [1.807, 2.05) is 0 Å². The normalized spacial score (nSPS) is 13.1. The van der Waals surface area contributed by atoms with Gasteiger partial charge in [-0.05, 0) is 42.5 Å². The minimum absolute atomic E-state index is 0.0667. The van der Waals surface area contributed by atoms with Crippen molar-refractivity contribution in [1.29, 1.82) is 0 Å². The summed E-state index contributed by atoms with van der Waals surface area (Å²) in [7, 11) is -19.7. The van der Waals surface area contributed by atoms with Gasteiger partial charge in [0.2, 0.25) is 0 Å². The molecule has 0 aliphatic carbocycles. The molecule has 28 heteroatoms. The monoisotopic (exact) mass is 897 g/mol. The minimum atomic E-state index is -5.19. The summed E-state index contributed by atoms with van der Waals surface area (Å²) in [5.74, 6) is -3.16. The molecular weight excluding hydrogens is 867 g/mol. The Bertz CT molecular complexity index is 2810. The molecule has 0 heterocycles. The van der Waals surface area contributed by atoms with Crippen LogP contribution in [0.5, 0.6) is 17.2 Å². The van der Waals surface area contributed by atoms with Gasteiger partial charge in [-0.25, -0.2) is 25.2 Å². The molecule has 0 amide bonds. The van der Waals surface area contributed by atoms with Gasteiger partial charge in [0, 0.05) is 30.0 Å². The SMILES string of the molecule is CNc1ccc2c(O)c(/N=N/c3cc(OC)c(S(=O)(=O)CCOS(=O)(=O)O)cc3OC)c(S(=O)(=O)O)cc2c1/N=N/c1ccc(S(=O)(=O)CCOS(=O)(=O)O)cc1. The fourth-order valence-corrected chi connectivity index (χ4v) is 8.63. The van der Waals surface area contributed by atoms with Crippen molar-refractivity contribution < 1.29 is 78.7 Å². The maximum atomic E-state index is 12.9. The van der Waals surface area contributed by atoms with E-state index in [0.29, 0.717) is 0 Å². The third-order valence-electron chi connectivity index (χ3n) is 7.44. The molecule has 310 valence electrons. The molecule has 0 aliphatic rings. The maximum absolute atomic E-state index is 12.9. The molecule has 0 saturated heterocycles. The second-order valence-corrected chi connectivity index (χ2v) is 18.8. The highest BCUT2D eigenvalue weighted by Crippen LogP contribution is 2.47. The molecule has 57 heavy (non-hydrogen) atoms. The number of nitrogens with zero attached hydrogens (tertiary/aromatic N) is 4. The Morgan fingerprint density at radius 3 is 1.70 bits per heavy atom. The molecule has 5 N–H and O–H groups in total. The third-order valence-corrected chi connectivity index (χ3v) is 12.6. The van der Waals surface area contributed by atoms with Gasteiger partial charge in [0.05, 0.1) is 55.2 Å². The number of nitrogens with one attached hydrogen (secondary N) is 1. The van der Waals surface area contributed by atoms with Crippen LogP contribution in [0, 0.1) is 0 Å². The number of phenols is 1. The Labute approximate surface area is 325 Å². The quantitative estimate of drug-likeness (QED) is 0.0699. The molecule has 0 spiro atoms. The maximum Gasteiger partial charge on any atom is 0.397 e. The number of hydrogen-bond acceptors (Lipinski definition) is 20. The number of sulfone groups is 2. The van der Waals surface area contributed by atoms with Gasteiger partial charge in [-0.15, -0.1) is 15.3 Å². The van der Waals surface area contributed by atoms with Gasteiger partial charge in [-0.2, -0.15) is 30.4 Å². The number of azo groups is 2. The van der Waals surface area contributed by atoms with Crippen LogP contribution in [0.15, 0.2) is 89.7 Å². The molecule has 0 bridgehead atoms. The number of ether oxygens (including phenoxy) is 2. The highest BCUT2D eigenvalue weighted by atomic mass is 32.3. The van der Waals surface area contributed by atoms with Crippen molar-refractivity contribution in [3.63, 3.8) is 0 Å². The molecule has 0 radical (unpaired) electrons. The van der Waals surface area contributed by atoms with E-state index < -0.39 is 96.5 Å². The lowest BCUT2D eigenvalue weighted by Gasteiger charge is -2.14. The Morgan fingerprint density at radius 1 is 0.614 bits per heavy atom. The molecule has 4 aromatic rings. The van der Waals surface area contributed by atoms with E-state index >= 15 is 0 Å². The summed E-state index contributed by atoms with van der Waals surface area (Å²) in [5, 5.41) is 30.0. The molecule has 0 saturated carbocycles. The number of fused-ring (bicyclic) bond motifs is 1. The van der Waals surface area contributed by atoms with E-state index in [9.17, 15) is 51.7 Å². The number of benzene rings is 4. The smallest absolute Gasteiger partial charge is 0.397 e. The second-order valence-electron chi connectivity index (χ2n) is 11.1. The Hall–Kier alpha value is -4.91. The van der Waals surface area contributed by atoms with Crippen LogP contribution in [0.1, 0.15) is 0 Å². The number of hydrogen-bond donors (Lipinski definition) is 5. The summed E-state index contributed by atoms with van der Waals surface area (Å²) in [6.45, 7) is -1.79. The summed E-state index contributed by atoms with van der Waals surface area (Å²) in [6.07, 6.45) is 0. The topological polar surface area (TPSA) is 350 Å². The van der Waals surface area contributed by atoms with Crippen LogP contribution in [-0.2, 0) is 59.0 Å². The zero-order valence-electron chi connectivity index (χ0n) is 29.4. The summed E-state index contributed by atoms with van der Waals surface area (Å²) in [4.78, 5) is -1.72. The minimum Gasteiger partial charge on any atom is -0.505 e. The van der Waals surface area contributed by atoms with E-state index in [1.54, 1.807) is 0 Å². The lowest BCUT2D eigenvalue weighted by atomic mass is 10.1. The molecule has 0 unspecified atom stereocenters. The number of aromatic hydroxyl groups is 1. The molecule has 0 aromatic heterocycles. The molecule has 23 nitrogen and oxygen atoms in total. The van der Waals surface area contributed by atoms with Crippen molar-refractivity contribution in [1.82, 2.24) is 0 Å². The molecular formula is C29H31N5O18S5. The second kappa shape index (κ2) is 17.3.